The number of aliphatic hydroxyl groups excluding tert-OH is 1. The Kier molecular flexibility index (Phi) is 4.49. The summed E-state index contributed by atoms with van der Waals surface area (Å²) in [7, 11) is 0. The summed E-state index contributed by atoms with van der Waals surface area (Å²) in [5, 5.41) is 12.7. The lowest BCUT2D eigenvalue weighted by atomic mass is 10.1. The molecule has 0 saturated heterocycles. The van der Waals surface area contributed by atoms with Crippen LogP contribution in [-0.2, 0) is 0 Å². The van der Waals surface area contributed by atoms with Crippen LogP contribution >= 0.6 is 15.9 Å². The van der Waals surface area contributed by atoms with E-state index in [2.05, 4.69) is 26.0 Å². The van der Waals surface area contributed by atoms with E-state index in [1.54, 1.807) is 10.6 Å². The quantitative estimate of drug-likeness (QED) is 0.623. The van der Waals surface area contributed by atoms with Gasteiger partial charge in [0.15, 0.2) is 11.6 Å². The summed E-state index contributed by atoms with van der Waals surface area (Å²) < 4.78 is 2.24. The van der Waals surface area contributed by atoms with Crippen LogP contribution in [-0.4, -0.2) is 32.1 Å². The number of nitrogen functional groups attached to an aromatic ring is 1. The lowest BCUT2D eigenvalue weighted by Gasteiger charge is -2.02. The largest absolute Gasteiger partial charge is 0.396 e. The van der Waals surface area contributed by atoms with Crippen molar-refractivity contribution in [2.45, 2.75) is 25.7 Å². The average Bonchev–Trinajstić information content (AvgIpc) is 2.74. The molecule has 0 aromatic carbocycles. The van der Waals surface area contributed by atoms with Crippen LogP contribution in [0.25, 0.3) is 5.52 Å². The van der Waals surface area contributed by atoms with E-state index in [1.807, 2.05) is 0 Å². The van der Waals surface area contributed by atoms with Gasteiger partial charge in [-0.1, -0.05) is 6.42 Å². The Balaban J connectivity index is 2.22. The molecular weight excluding hydrogens is 312 g/mol. The number of hydrogen-bond acceptors (Lipinski definition) is 5. The summed E-state index contributed by atoms with van der Waals surface area (Å²) in [5.74, 6) is 0.307. The molecule has 3 N–H and O–H groups in total. The van der Waals surface area contributed by atoms with E-state index < -0.39 is 0 Å². The van der Waals surface area contributed by atoms with Crippen LogP contribution in [0, 0.1) is 0 Å². The van der Waals surface area contributed by atoms with Crippen molar-refractivity contribution < 1.29 is 9.90 Å². The number of aromatic nitrogens is 3. The van der Waals surface area contributed by atoms with Crippen molar-refractivity contribution in [1.29, 1.82) is 0 Å². The summed E-state index contributed by atoms with van der Waals surface area (Å²) in [4.78, 5) is 16.1. The number of hydrogen-bond donors (Lipinski definition) is 2. The monoisotopic (exact) mass is 326 g/mol. The number of Topliss-reactive ketones (excluding diaryl/α,β-unsaturated/α-hetero) is 1. The second-order valence-corrected chi connectivity index (χ2v) is 5.06. The predicted molar refractivity (Wildman–Crippen MR) is 75.0 cm³/mol. The summed E-state index contributed by atoms with van der Waals surface area (Å²) >= 11 is 3.35. The van der Waals surface area contributed by atoms with Crippen LogP contribution in [0.5, 0.6) is 0 Å². The minimum atomic E-state index is 0.0163. The van der Waals surface area contributed by atoms with Crippen LogP contribution in [0.15, 0.2) is 17.0 Å². The molecule has 0 aliphatic heterocycles. The summed E-state index contributed by atoms with van der Waals surface area (Å²) in [6.07, 6.45) is 4.09. The van der Waals surface area contributed by atoms with Gasteiger partial charge in [0, 0.05) is 18.6 Å². The van der Waals surface area contributed by atoms with E-state index in [0.717, 1.165) is 19.3 Å². The fourth-order valence-electron chi connectivity index (χ4n) is 1.95. The molecule has 0 unspecified atom stereocenters. The van der Waals surface area contributed by atoms with Gasteiger partial charge in [0.1, 0.15) is 16.4 Å². The molecule has 0 radical (unpaired) electrons. The number of carbonyl (C=O) groups is 1. The molecule has 0 spiro atoms. The number of fused-ring (bicyclic) bond motifs is 1. The van der Waals surface area contributed by atoms with E-state index in [-0.39, 0.29) is 12.4 Å². The average molecular weight is 327 g/mol. The molecule has 0 atom stereocenters. The molecule has 0 aliphatic carbocycles. The van der Waals surface area contributed by atoms with Crippen LogP contribution in [0.1, 0.15) is 36.0 Å². The number of unbranched alkanes of at least 4 members (excludes halogenated alkanes) is 2. The number of carbonyl (C=O) groups excluding carboxylic acids is 1. The summed E-state index contributed by atoms with van der Waals surface area (Å²) in [6.45, 7) is 0.162. The zero-order valence-electron chi connectivity index (χ0n) is 10.3. The number of halogens is 1. The standard InChI is InChI=1S/C12H15BrN4O2/c13-10-6-8(9(19)4-2-1-3-5-18)11-12(14)15-7-16-17(10)11/h6-7,18H,1-5H2,(H2,14,15,16). The van der Waals surface area contributed by atoms with E-state index in [1.165, 1.54) is 6.33 Å². The van der Waals surface area contributed by atoms with Gasteiger partial charge < -0.3 is 10.8 Å². The van der Waals surface area contributed by atoms with Gasteiger partial charge in [-0.3, -0.25) is 4.79 Å². The topological polar surface area (TPSA) is 93.5 Å². The molecule has 0 amide bonds. The molecule has 2 aromatic heterocycles. The van der Waals surface area contributed by atoms with Gasteiger partial charge in [0.25, 0.3) is 0 Å². The molecule has 19 heavy (non-hydrogen) atoms. The van der Waals surface area contributed by atoms with Gasteiger partial charge in [0.2, 0.25) is 0 Å². The first-order valence-electron chi connectivity index (χ1n) is 6.07. The molecule has 2 rings (SSSR count). The van der Waals surface area contributed by atoms with Gasteiger partial charge in [-0.15, -0.1) is 0 Å². The molecule has 7 heteroatoms. The van der Waals surface area contributed by atoms with Crippen molar-refractivity contribution in [2.24, 2.45) is 0 Å². The maximum absolute atomic E-state index is 12.2. The maximum atomic E-state index is 12.2. The molecule has 102 valence electrons. The number of rotatable bonds is 6. The predicted octanol–water partition coefficient (Wildman–Crippen LogP) is 1.81. The van der Waals surface area contributed by atoms with Gasteiger partial charge in [-0.2, -0.15) is 5.10 Å². The highest BCUT2D eigenvalue weighted by molar-refractivity contribution is 9.10. The minimum Gasteiger partial charge on any atom is -0.396 e. The van der Waals surface area contributed by atoms with Crippen molar-refractivity contribution in [2.75, 3.05) is 12.3 Å². The number of ketones is 1. The number of aliphatic hydroxyl groups is 1. The lowest BCUT2D eigenvalue weighted by Crippen LogP contribution is -2.04. The Labute approximate surface area is 118 Å². The summed E-state index contributed by atoms with van der Waals surface area (Å²) in [6, 6.07) is 1.72. The second kappa shape index (κ2) is 6.12. The first kappa shape index (κ1) is 14.0. The normalized spacial score (nSPS) is 11.1. The van der Waals surface area contributed by atoms with E-state index in [4.69, 9.17) is 10.8 Å². The van der Waals surface area contributed by atoms with Gasteiger partial charge in [-0.25, -0.2) is 9.50 Å². The number of nitrogens with zero attached hydrogens (tertiary/aromatic N) is 3. The van der Waals surface area contributed by atoms with Crippen LogP contribution in [0.4, 0.5) is 5.82 Å². The molecular formula is C12H15BrN4O2. The Bertz CT molecular complexity index is 597. The smallest absolute Gasteiger partial charge is 0.165 e. The first-order valence-corrected chi connectivity index (χ1v) is 6.86. The molecule has 0 fully saturated rings. The Morgan fingerprint density at radius 1 is 1.42 bits per heavy atom. The molecule has 0 saturated carbocycles. The van der Waals surface area contributed by atoms with Crippen LogP contribution in [0.2, 0.25) is 0 Å². The maximum Gasteiger partial charge on any atom is 0.165 e. The number of nitrogens with two attached hydrogens (primary N) is 1. The van der Waals surface area contributed by atoms with E-state index in [9.17, 15) is 4.79 Å². The van der Waals surface area contributed by atoms with Crippen molar-refractivity contribution in [3.63, 3.8) is 0 Å². The van der Waals surface area contributed by atoms with Crippen LogP contribution in [0.3, 0.4) is 0 Å². The lowest BCUT2D eigenvalue weighted by molar-refractivity contribution is 0.0980. The highest BCUT2D eigenvalue weighted by atomic mass is 79.9. The molecule has 6 nitrogen and oxygen atoms in total. The number of anilines is 1. The first-order chi connectivity index (χ1) is 9.15. The SMILES string of the molecule is Nc1ncnn2c(Br)cc(C(=O)CCCCCO)c12. The van der Waals surface area contributed by atoms with Gasteiger partial charge >= 0.3 is 0 Å². The third-order valence-electron chi connectivity index (χ3n) is 2.90. The van der Waals surface area contributed by atoms with Gasteiger partial charge in [-0.05, 0) is 34.8 Å². The second-order valence-electron chi connectivity index (χ2n) is 4.24. The zero-order chi connectivity index (χ0) is 13.8. The Hall–Kier alpha value is -1.47. The molecule has 2 aromatic rings. The fraction of sp³-hybridized carbons (Fsp3) is 0.417. The highest BCUT2D eigenvalue weighted by Gasteiger charge is 2.17. The molecule has 2 heterocycles. The van der Waals surface area contributed by atoms with E-state index >= 15 is 0 Å². The zero-order valence-corrected chi connectivity index (χ0v) is 11.9. The summed E-state index contributed by atoms with van der Waals surface area (Å²) in [5.41, 5.74) is 6.89. The molecule has 0 aliphatic rings. The van der Waals surface area contributed by atoms with Crippen molar-refractivity contribution >= 4 is 33.0 Å². The minimum absolute atomic E-state index is 0.0163. The highest BCUT2D eigenvalue weighted by Crippen LogP contribution is 2.25. The third kappa shape index (κ3) is 2.93. The van der Waals surface area contributed by atoms with Crippen LogP contribution < -0.4 is 5.73 Å². The van der Waals surface area contributed by atoms with Crippen molar-refractivity contribution in [3.8, 4) is 0 Å². The Morgan fingerprint density at radius 2 is 2.21 bits per heavy atom. The third-order valence-corrected chi connectivity index (χ3v) is 3.47. The van der Waals surface area contributed by atoms with Crippen molar-refractivity contribution in [3.05, 3.63) is 22.6 Å². The Morgan fingerprint density at radius 3 is 2.95 bits per heavy atom. The molecule has 0 bridgehead atoms. The van der Waals surface area contributed by atoms with Crippen molar-refractivity contribution in [1.82, 2.24) is 14.6 Å². The van der Waals surface area contributed by atoms with Gasteiger partial charge in [0.05, 0.1) is 0 Å². The van der Waals surface area contributed by atoms with E-state index in [0.29, 0.717) is 27.9 Å². The fourth-order valence-corrected chi connectivity index (χ4v) is 2.45.